The third kappa shape index (κ3) is 4.59. The van der Waals surface area contributed by atoms with E-state index in [1.165, 1.54) is 5.56 Å². The van der Waals surface area contributed by atoms with Crippen LogP contribution in [0.25, 0.3) is 0 Å². The standard InChI is InChI=1S/C24H29ClO5/c1-2-15-4-6-16(7-5-15)10-17-11-20(21-13-18(27)12-19(14-26)30-21)23-24(22(17)25)29-9-3-8-28-23/h4-7,11,18-19,21,26-27H,2-3,8-10,12-14H2,1H3. The molecule has 1 fully saturated rings. The summed E-state index contributed by atoms with van der Waals surface area (Å²) in [6.45, 7) is 3.08. The summed E-state index contributed by atoms with van der Waals surface area (Å²) in [6, 6.07) is 10.5. The van der Waals surface area contributed by atoms with Crippen molar-refractivity contribution in [3.63, 3.8) is 0 Å². The molecule has 0 aromatic heterocycles. The van der Waals surface area contributed by atoms with E-state index < -0.39 is 12.2 Å². The average molecular weight is 433 g/mol. The number of aliphatic hydroxyl groups is 2. The van der Waals surface area contributed by atoms with E-state index >= 15 is 0 Å². The molecule has 0 radical (unpaired) electrons. The molecule has 0 aliphatic carbocycles. The number of halogens is 1. The Hall–Kier alpha value is -1.79. The van der Waals surface area contributed by atoms with Crippen molar-refractivity contribution in [2.45, 2.75) is 57.3 Å². The van der Waals surface area contributed by atoms with E-state index in [0.29, 0.717) is 49.0 Å². The van der Waals surface area contributed by atoms with E-state index in [9.17, 15) is 10.2 Å². The van der Waals surface area contributed by atoms with Gasteiger partial charge in [0.05, 0.1) is 43.2 Å². The maximum atomic E-state index is 10.3. The minimum atomic E-state index is -0.538. The van der Waals surface area contributed by atoms with Crippen molar-refractivity contribution in [2.75, 3.05) is 19.8 Å². The minimum absolute atomic E-state index is 0.128. The fraction of sp³-hybridized carbons (Fsp3) is 0.500. The first kappa shape index (κ1) is 21.4. The Morgan fingerprint density at radius 1 is 1.03 bits per heavy atom. The number of ether oxygens (including phenoxy) is 3. The Balaban J connectivity index is 1.73. The van der Waals surface area contributed by atoms with Crippen LogP contribution in [-0.4, -0.2) is 42.2 Å². The van der Waals surface area contributed by atoms with Crippen LogP contribution in [0.1, 0.15) is 54.5 Å². The van der Waals surface area contributed by atoms with E-state index in [0.717, 1.165) is 29.5 Å². The summed E-state index contributed by atoms with van der Waals surface area (Å²) in [7, 11) is 0. The summed E-state index contributed by atoms with van der Waals surface area (Å²) in [5.74, 6) is 1.15. The second-order valence-corrected chi connectivity index (χ2v) is 8.43. The molecule has 2 aliphatic heterocycles. The third-order valence-electron chi connectivity index (χ3n) is 5.82. The van der Waals surface area contributed by atoms with Crippen LogP contribution in [0, 0.1) is 0 Å². The van der Waals surface area contributed by atoms with Crippen molar-refractivity contribution >= 4 is 11.6 Å². The van der Waals surface area contributed by atoms with Crippen molar-refractivity contribution in [3.8, 4) is 11.5 Å². The zero-order chi connectivity index (χ0) is 21.1. The highest BCUT2D eigenvalue weighted by molar-refractivity contribution is 6.33. The van der Waals surface area contributed by atoms with Crippen LogP contribution in [0.4, 0.5) is 0 Å². The quantitative estimate of drug-likeness (QED) is 0.740. The van der Waals surface area contributed by atoms with E-state index in [1.54, 1.807) is 0 Å². The van der Waals surface area contributed by atoms with Gasteiger partial charge in [-0.05, 0) is 35.6 Å². The lowest BCUT2D eigenvalue weighted by molar-refractivity contribution is -0.114. The summed E-state index contributed by atoms with van der Waals surface area (Å²) in [5.41, 5.74) is 4.22. The summed E-state index contributed by atoms with van der Waals surface area (Å²) in [6.07, 6.45) is 1.97. The fourth-order valence-electron chi connectivity index (χ4n) is 4.17. The van der Waals surface area contributed by atoms with E-state index in [2.05, 4.69) is 31.2 Å². The summed E-state index contributed by atoms with van der Waals surface area (Å²) < 4.78 is 18.1. The molecule has 0 bridgehead atoms. The smallest absolute Gasteiger partial charge is 0.180 e. The van der Waals surface area contributed by atoms with E-state index in [4.69, 9.17) is 25.8 Å². The molecule has 6 heteroatoms. The fourth-order valence-corrected chi connectivity index (χ4v) is 4.43. The number of hydrogen-bond acceptors (Lipinski definition) is 5. The summed E-state index contributed by atoms with van der Waals surface area (Å²) >= 11 is 6.77. The van der Waals surface area contributed by atoms with Crippen molar-refractivity contribution in [3.05, 3.63) is 57.6 Å². The second-order valence-electron chi connectivity index (χ2n) is 8.05. The Kier molecular flexibility index (Phi) is 6.84. The van der Waals surface area contributed by atoms with Gasteiger partial charge in [0.2, 0.25) is 0 Å². The predicted octanol–water partition coefficient (Wildman–Crippen LogP) is 4.23. The third-order valence-corrected chi connectivity index (χ3v) is 6.23. The van der Waals surface area contributed by atoms with Gasteiger partial charge in [0, 0.05) is 24.8 Å². The highest BCUT2D eigenvalue weighted by Gasteiger charge is 2.33. The zero-order valence-electron chi connectivity index (χ0n) is 17.3. The predicted molar refractivity (Wildman–Crippen MR) is 116 cm³/mol. The molecule has 3 atom stereocenters. The first-order valence-electron chi connectivity index (χ1n) is 10.7. The maximum Gasteiger partial charge on any atom is 0.180 e. The molecule has 162 valence electrons. The molecule has 5 nitrogen and oxygen atoms in total. The van der Waals surface area contributed by atoms with Gasteiger partial charge in [-0.25, -0.2) is 0 Å². The molecular formula is C24H29ClO5. The Labute approximate surface area is 182 Å². The Morgan fingerprint density at radius 2 is 1.73 bits per heavy atom. The van der Waals surface area contributed by atoms with Gasteiger partial charge >= 0.3 is 0 Å². The van der Waals surface area contributed by atoms with Crippen LogP contribution in [0.15, 0.2) is 30.3 Å². The second kappa shape index (κ2) is 9.56. The lowest BCUT2D eigenvalue weighted by Crippen LogP contribution is -2.33. The molecule has 2 aromatic carbocycles. The number of benzene rings is 2. The van der Waals surface area contributed by atoms with Gasteiger partial charge in [-0.15, -0.1) is 0 Å². The van der Waals surface area contributed by atoms with Crippen LogP contribution in [-0.2, 0) is 17.6 Å². The lowest BCUT2D eigenvalue weighted by atomic mass is 9.92. The molecule has 2 heterocycles. The number of fused-ring (bicyclic) bond motifs is 1. The molecule has 2 N–H and O–H groups in total. The maximum absolute atomic E-state index is 10.3. The van der Waals surface area contributed by atoms with Crippen molar-refractivity contribution in [2.24, 2.45) is 0 Å². The summed E-state index contributed by atoms with van der Waals surface area (Å²) in [5, 5.41) is 20.5. The number of aliphatic hydroxyl groups excluding tert-OH is 2. The Bertz CT molecular complexity index is 867. The molecule has 0 spiro atoms. The molecule has 4 rings (SSSR count). The molecule has 0 amide bonds. The van der Waals surface area contributed by atoms with Crippen molar-refractivity contribution < 1.29 is 24.4 Å². The van der Waals surface area contributed by atoms with E-state index in [1.807, 2.05) is 6.07 Å². The van der Waals surface area contributed by atoms with Crippen molar-refractivity contribution in [1.82, 2.24) is 0 Å². The molecule has 3 unspecified atom stereocenters. The van der Waals surface area contributed by atoms with Crippen LogP contribution in [0.3, 0.4) is 0 Å². The van der Waals surface area contributed by atoms with Crippen LogP contribution in [0.2, 0.25) is 5.02 Å². The van der Waals surface area contributed by atoms with Gasteiger partial charge < -0.3 is 24.4 Å². The number of rotatable bonds is 5. The van der Waals surface area contributed by atoms with Crippen molar-refractivity contribution in [1.29, 1.82) is 0 Å². The van der Waals surface area contributed by atoms with Gasteiger partial charge in [0.15, 0.2) is 11.5 Å². The monoisotopic (exact) mass is 432 g/mol. The summed E-state index contributed by atoms with van der Waals surface area (Å²) in [4.78, 5) is 0. The molecule has 2 aliphatic rings. The molecule has 1 saturated heterocycles. The molecule has 30 heavy (non-hydrogen) atoms. The first-order chi connectivity index (χ1) is 14.6. The lowest BCUT2D eigenvalue weighted by Gasteiger charge is -2.33. The van der Waals surface area contributed by atoms with Gasteiger partial charge in [-0.2, -0.15) is 0 Å². The number of aryl methyl sites for hydroxylation is 1. The van der Waals surface area contributed by atoms with Gasteiger partial charge in [0.25, 0.3) is 0 Å². The van der Waals surface area contributed by atoms with Gasteiger partial charge in [-0.3, -0.25) is 0 Å². The van der Waals surface area contributed by atoms with Gasteiger partial charge in [0.1, 0.15) is 0 Å². The average Bonchev–Trinajstić information content (AvgIpc) is 3.02. The molecule has 2 aromatic rings. The minimum Gasteiger partial charge on any atom is -0.489 e. The highest BCUT2D eigenvalue weighted by atomic mass is 35.5. The van der Waals surface area contributed by atoms with E-state index in [-0.39, 0.29) is 12.7 Å². The highest BCUT2D eigenvalue weighted by Crippen LogP contribution is 2.47. The first-order valence-corrected chi connectivity index (χ1v) is 11.1. The normalized spacial score (nSPS) is 23.8. The van der Waals surface area contributed by atoms with Crippen LogP contribution in [0.5, 0.6) is 11.5 Å². The molecular weight excluding hydrogens is 404 g/mol. The van der Waals surface area contributed by atoms with Crippen LogP contribution >= 0.6 is 11.6 Å². The Morgan fingerprint density at radius 3 is 2.43 bits per heavy atom. The topological polar surface area (TPSA) is 68.2 Å². The molecule has 0 saturated carbocycles. The van der Waals surface area contributed by atoms with Gasteiger partial charge in [-0.1, -0.05) is 42.8 Å². The van der Waals surface area contributed by atoms with Crippen LogP contribution < -0.4 is 9.47 Å². The SMILES string of the molecule is CCc1ccc(Cc2cc(C3CC(O)CC(CO)O3)c3c(c2Cl)OCCCO3)cc1. The largest absolute Gasteiger partial charge is 0.489 e. The zero-order valence-corrected chi connectivity index (χ0v) is 18.0. The number of hydrogen-bond donors (Lipinski definition) is 2.